The highest BCUT2D eigenvalue weighted by molar-refractivity contribution is 5.90. The van der Waals surface area contributed by atoms with Crippen LogP contribution in [0.5, 0.6) is 0 Å². The Morgan fingerprint density at radius 1 is 0.917 bits per heavy atom. The number of hydrogen-bond acceptors (Lipinski definition) is 4. The molecule has 0 spiro atoms. The van der Waals surface area contributed by atoms with Crippen LogP contribution in [0.15, 0.2) is 47.3 Å². The largest absolute Gasteiger partial charge is 0.416 e. The van der Waals surface area contributed by atoms with Crippen molar-refractivity contribution in [2.45, 2.75) is 39.0 Å². The van der Waals surface area contributed by atoms with Gasteiger partial charge in [-0.15, -0.1) is 0 Å². The molecule has 0 bridgehead atoms. The van der Waals surface area contributed by atoms with Crippen molar-refractivity contribution in [3.63, 3.8) is 0 Å². The lowest BCUT2D eigenvalue weighted by atomic mass is 9.93. The third-order valence-corrected chi connectivity index (χ3v) is 5.48. The minimum Gasteiger partial charge on any atom is -0.368 e. The van der Waals surface area contributed by atoms with Crippen molar-refractivity contribution in [3.05, 3.63) is 69.5 Å². The number of aromatic nitrogens is 2. The summed E-state index contributed by atoms with van der Waals surface area (Å²) in [6, 6.07) is 8.20. The number of carbonyl (C=O) groups is 1. The number of benzene rings is 2. The van der Waals surface area contributed by atoms with E-state index in [2.05, 4.69) is 20.8 Å². The molecule has 1 heterocycles. The van der Waals surface area contributed by atoms with E-state index in [9.17, 15) is 35.9 Å². The van der Waals surface area contributed by atoms with Crippen molar-refractivity contribution < 1.29 is 31.1 Å². The third kappa shape index (κ3) is 6.98. The molecule has 0 saturated heterocycles. The van der Waals surface area contributed by atoms with E-state index in [0.717, 1.165) is 0 Å². The zero-order chi connectivity index (χ0) is 26.7. The van der Waals surface area contributed by atoms with E-state index in [1.54, 1.807) is 24.3 Å². The number of halogens is 6. The topological polar surface area (TPSA) is 86.9 Å². The van der Waals surface area contributed by atoms with E-state index < -0.39 is 34.8 Å². The SMILES string of the molecule is CC(C)(CNC(=O)CCc1cc(C(F)(F)F)cc(C(F)(F)F)c1)CNc1n[nH]c(=O)c2ccccc12. The van der Waals surface area contributed by atoms with Gasteiger partial charge in [-0.2, -0.15) is 31.4 Å². The van der Waals surface area contributed by atoms with Crippen LogP contribution in [-0.4, -0.2) is 29.2 Å². The number of aromatic amines is 1. The summed E-state index contributed by atoms with van der Waals surface area (Å²) >= 11 is 0. The molecule has 3 rings (SSSR count). The van der Waals surface area contributed by atoms with Gasteiger partial charge < -0.3 is 10.6 Å². The minimum atomic E-state index is -4.94. The molecule has 1 aromatic heterocycles. The van der Waals surface area contributed by atoms with E-state index in [-0.39, 0.29) is 36.6 Å². The molecule has 6 nitrogen and oxygen atoms in total. The standard InChI is InChI=1S/C24H24F6N4O2/c1-22(2,13-32-20-17-5-3-4-6-18(17)21(36)34-33-20)12-31-19(35)8-7-14-9-15(23(25,26)27)11-16(10-14)24(28,29)30/h3-6,9-11H,7-8,12-13H2,1-2H3,(H,31,35)(H,32,33)(H,34,36). The van der Waals surface area contributed by atoms with E-state index in [1.807, 2.05) is 13.8 Å². The molecule has 2 aromatic carbocycles. The Kier molecular flexibility index (Phi) is 7.65. The maximum Gasteiger partial charge on any atom is 0.416 e. The zero-order valence-electron chi connectivity index (χ0n) is 19.4. The summed E-state index contributed by atoms with van der Waals surface area (Å²) in [5.41, 5.74) is -3.89. The van der Waals surface area contributed by atoms with Gasteiger partial charge in [-0.05, 0) is 41.7 Å². The summed E-state index contributed by atoms with van der Waals surface area (Å²) in [6.45, 7) is 4.21. The van der Waals surface area contributed by atoms with E-state index >= 15 is 0 Å². The quantitative estimate of drug-likeness (QED) is 0.363. The molecule has 36 heavy (non-hydrogen) atoms. The molecule has 3 N–H and O–H groups in total. The van der Waals surface area contributed by atoms with Gasteiger partial charge in [0.2, 0.25) is 5.91 Å². The number of rotatable bonds is 8. The Bertz CT molecular complexity index is 1270. The summed E-state index contributed by atoms with van der Waals surface area (Å²) in [4.78, 5) is 24.2. The molecular weight excluding hydrogens is 490 g/mol. The van der Waals surface area contributed by atoms with E-state index in [1.165, 1.54) is 0 Å². The smallest absolute Gasteiger partial charge is 0.368 e. The van der Waals surface area contributed by atoms with Gasteiger partial charge in [-0.3, -0.25) is 9.59 Å². The van der Waals surface area contributed by atoms with Crippen LogP contribution in [0.2, 0.25) is 0 Å². The first-order chi connectivity index (χ1) is 16.7. The lowest BCUT2D eigenvalue weighted by Crippen LogP contribution is -2.38. The van der Waals surface area contributed by atoms with Crippen LogP contribution in [0, 0.1) is 5.41 Å². The number of nitrogens with one attached hydrogen (secondary N) is 3. The third-order valence-electron chi connectivity index (χ3n) is 5.48. The maximum absolute atomic E-state index is 13.0. The molecule has 0 unspecified atom stereocenters. The number of anilines is 1. The number of amides is 1. The number of alkyl halides is 6. The molecule has 1 amide bonds. The fourth-order valence-electron chi connectivity index (χ4n) is 3.48. The average molecular weight is 514 g/mol. The fraction of sp³-hybridized carbons (Fsp3) is 0.375. The Morgan fingerprint density at radius 2 is 1.50 bits per heavy atom. The Balaban J connectivity index is 1.58. The highest BCUT2D eigenvalue weighted by atomic mass is 19.4. The van der Waals surface area contributed by atoms with Crippen LogP contribution < -0.4 is 16.2 Å². The lowest BCUT2D eigenvalue weighted by Gasteiger charge is -2.26. The van der Waals surface area contributed by atoms with Gasteiger partial charge in [0.1, 0.15) is 0 Å². The van der Waals surface area contributed by atoms with Gasteiger partial charge in [0, 0.05) is 24.9 Å². The number of fused-ring (bicyclic) bond motifs is 1. The normalized spacial score (nSPS) is 12.6. The highest BCUT2D eigenvalue weighted by Gasteiger charge is 2.36. The molecular formula is C24H24F6N4O2. The van der Waals surface area contributed by atoms with Gasteiger partial charge in [-0.1, -0.05) is 32.0 Å². The Hall–Kier alpha value is -3.57. The van der Waals surface area contributed by atoms with Gasteiger partial charge in [0.15, 0.2) is 5.82 Å². The molecule has 0 saturated carbocycles. The first-order valence-corrected chi connectivity index (χ1v) is 10.9. The summed E-state index contributed by atoms with van der Waals surface area (Å²) in [7, 11) is 0. The molecule has 0 atom stereocenters. The van der Waals surface area contributed by atoms with E-state index in [4.69, 9.17) is 0 Å². The summed E-state index contributed by atoms with van der Waals surface area (Å²) in [5, 5.41) is 13.3. The molecule has 0 radical (unpaired) electrons. The minimum absolute atomic E-state index is 0.0551. The fourth-order valence-corrected chi connectivity index (χ4v) is 3.48. The monoisotopic (exact) mass is 514 g/mol. The van der Waals surface area contributed by atoms with Crippen molar-refractivity contribution in [3.8, 4) is 0 Å². The van der Waals surface area contributed by atoms with Crippen LogP contribution in [0.1, 0.15) is 37.0 Å². The number of aryl methyl sites for hydroxylation is 1. The van der Waals surface area contributed by atoms with Crippen molar-refractivity contribution in [1.82, 2.24) is 15.5 Å². The lowest BCUT2D eigenvalue weighted by molar-refractivity contribution is -0.143. The Morgan fingerprint density at radius 3 is 2.08 bits per heavy atom. The van der Waals surface area contributed by atoms with Crippen molar-refractivity contribution in [2.75, 3.05) is 18.4 Å². The van der Waals surface area contributed by atoms with Gasteiger partial charge >= 0.3 is 12.4 Å². The van der Waals surface area contributed by atoms with E-state index in [0.29, 0.717) is 35.3 Å². The molecule has 194 valence electrons. The first kappa shape index (κ1) is 27.0. The first-order valence-electron chi connectivity index (χ1n) is 10.9. The average Bonchev–Trinajstić information content (AvgIpc) is 2.80. The maximum atomic E-state index is 13.0. The van der Waals surface area contributed by atoms with Crippen molar-refractivity contribution in [1.29, 1.82) is 0 Å². The van der Waals surface area contributed by atoms with Crippen molar-refractivity contribution in [2.24, 2.45) is 5.41 Å². The molecule has 0 aliphatic heterocycles. The summed E-state index contributed by atoms with van der Waals surface area (Å²) < 4.78 is 78.1. The van der Waals surface area contributed by atoms with Crippen LogP contribution in [0.25, 0.3) is 10.8 Å². The molecule has 12 heteroatoms. The molecule has 0 fully saturated rings. The van der Waals surface area contributed by atoms with Crippen LogP contribution >= 0.6 is 0 Å². The number of hydrogen-bond donors (Lipinski definition) is 3. The van der Waals surface area contributed by atoms with Crippen molar-refractivity contribution >= 4 is 22.5 Å². The number of carbonyl (C=O) groups excluding carboxylic acids is 1. The van der Waals surface area contributed by atoms with Gasteiger partial charge in [-0.25, -0.2) is 5.10 Å². The second-order valence-corrected chi connectivity index (χ2v) is 9.16. The highest BCUT2D eigenvalue weighted by Crippen LogP contribution is 2.36. The molecule has 0 aliphatic rings. The second kappa shape index (κ2) is 10.2. The zero-order valence-corrected chi connectivity index (χ0v) is 19.4. The predicted molar refractivity (Wildman–Crippen MR) is 122 cm³/mol. The van der Waals surface area contributed by atoms with Gasteiger partial charge in [0.25, 0.3) is 5.56 Å². The number of H-pyrrole nitrogens is 1. The Labute approximate surface area is 202 Å². The predicted octanol–water partition coefficient (Wildman–Crippen LogP) is 5.15. The van der Waals surface area contributed by atoms with Crippen LogP contribution in [-0.2, 0) is 23.6 Å². The molecule has 0 aliphatic carbocycles. The van der Waals surface area contributed by atoms with Crippen LogP contribution in [0.4, 0.5) is 32.2 Å². The molecule has 3 aromatic rings. The second-order valence-electron chi connectivity index (χ2n) is 9.16. The van der Waals surface area contributed by atoms with Crippen LogP contribution in [0.3, 0.4) is 0 Å². The summed E-state index contributed by atoms with van der Waals surface area (Å²) in [5.74, 6) is -0.0590. The summed E-state index contributed by atoms with van der Waals surface area (Å²) in [6.07, 6.45) is -10.5. The van der Waals surface area contributed by atoms with Gasteiger partial charge in [0.05, 0.1) is 16.5 Å². The number of nitrogens with zero attached hydrogens (tertiary/aromatic N) is 1.